The summed E-state index contributed by atoms with van der Waals surface area (Å²) in [7, 11) is 0. The van der Waals surface area contributed by atoms with Crippen molar-refractivity contribution in [3.8, 4) is 0 Å². The third-order valence-corrected chi connectivity index (χ3v) is 6.81. The van der Waals surface area contributed by atoms with Crippen LogP contribution in [0, 0.1) is 18.8 Å². The number of likely N-dealkylation sites (tertiary alicyclic amines) is 1. The van der Waals surface area contributed by atoms with Crippen LogP contribution in [0.15, 0.2) is 24.3 Å². The molecule has 3 fully saturated rings. The van der Waals surface area contributed by atoms with Gasteiger partial charge in [-0.3, -0.25) is 19.4 Å². The number of anilines is 1. The third-order valence-electron chi connectivity index (χ3n) is 6.81. The van der Waals surface area contributed by atoms with E-state index in [1.165, 1.54) is 11.3 Å². The molecule has 3 aliphatic rings. The Kier molecular flexibility index (Phi) is 7.58. The Labute approximate surface area is 180 Å². The first-order chi connectivity index (χ1) is 13.6. The number of unbranched alkanes of at least 4 members (excludes halogenated alkanes) is 1. The first-order valence-electron chi connectivity index (χ1n) is 11.0. The Balaban J connectivity index is 0.00000240. The number of benzene rings is 1. The maximum atomic E-state index is 12.5. The van der Waals surface area contributed by atoms with Crippen molar-refractivity contribution < 1.29 is 9.59 Å². The molecule has 1 aromatic carbocycles. The zero-order chi connectivity index (χ0) is 19.5. The van der Waals surface area contributed by atoms with Crippen molar-refractivity contribution in [2.24, 2.45) is 11.8 Å². The molecule has 2 heterocycles. The summed E-state index contributed by atoms with van der Waals surface area (Å²) in [5, 5.41) is 0. The van der Waals surface area contributed by atoms with Crippen LogP contribution in [0.4, 0.5) is 5.69 Å². The van der Waals surface area contributed by atoms with E-state index in [9.17, 15) is 9.59 Å². The Hall–Kier alpha value is -1.59. The summed E-state index contributed by atoms with van der Waals surface area (Å²) in [6, 6.07) is 8.79. The van der Waals surface area contributed by atoms with Crippen molar-refractivity contribution in [2.45, 2.75) is 45.4 Å². The molecule has 2 saturated heterocycles. The van der Waals surface area contributed by atoms with E-state index < -0.39 is 0 Å². The fraction of sp³-hybridized carbons (Fsp3) is 0.652. The Morgan fingerprint density at radius 2 is 1.38 bits per heavy atom. The van der Waals surface area contributed by atoms with E-state index in [2.05, 4.69) is 41.0 Å². The number of piperazine rings is 1. The van der Waals surface area contributed by atoms with Gasteiger partial charge in [-0.05, 0) is 51.3 Å². The molecule has 0 radical (unpaired) electrons. The van der Waals surface area contributed by atoms with Gasteiger partial charge in [0.15, 0.2) is 0 Å². The van der Waals surface area contributed by atoms with Gasteiger partial charge in [0.25, 0.3) is 0 Å². The monoisotopic (exact) mass is 419 g/mol. The molecule has 0 bridgehead atoms. The molecule has 5 nitrogen and oxygen atoms in total. The molecule has 6 heteroatoms. The fourth-order valence-corrected chi connectivity index (χ4v) is 5.04. The number of hydrogen-bond donors (Lipinski definition) is 0. The standard InChI is InChI=1S/C23H33N3O2.ClH/c1-18-8-10-19(11-9-18)25-16-14-24(15-17-25)12-4-5-13-26-22(27)20-6-2-3-7-21(20)23(26)28;/h8-11,20-21H,2-7,12-17H2,1H3;1H. The predicted octanol–water partition coefficient (Wildman–Crippen LogP) is 3.49. The van der Waals surface area contributed by atoms with Crippen LogP contribution in [-0.2, 0) is 9.59 Å². The predicted molar refractivity (Wildman–Crippen MR) is 118 cm³/mol. The molecule has 1 aliphatic carbocycles. The molecule has 0 N–H and O–H groups in total. The number of amides is 2. The zero-order valence-electron chi connectivity index (χ0n) is 17.5. The lowest BCUT2D eigenvalue weighted by molar-refractivity contribution is -0.140. The van der Waals surface area contributed by atoms with Gasteiger partial charge >= 0.3 is 0 Å². The van der Waals surface area contributed by atoms with Crippen LogP contribution < -0.4 is 4.90 Å². The lowest BCUT2D eigenvalue weighted by atomic mass is 9.81. The highest BCUT2D eigenvalue weighted by Gasteiger charge is 2.47. The summed E-state index contributed by atoms with van der Waals surface area (Å²) >= 11 is 0. The van der Waals surface area contributed by atoms with Crippen LogP contribution in [0.1, 0.15) is 44.1 Å². The molecule has 2 aliphatic heterocycles. The van der Waals surface area contributed by atoms with Crippen LogP contribution in [-0.4, -0.2) is 60.9 Å². The van der Waals surface area contributed by atoms with Gasteiger partial charge in [0.05, 0.1) is 11.8 Å². The van der Waals surface area contributed by atoms with Crippen molar-refractivity contribution in [2.75, 3.05) is 44.2 Å². The van der Waals surface area contributed by atoms with Crippen molar-refractivity contribution in [3.05, 3.63) is 29.8 Å². The number of halogens is 1. The van der Waals surface area contributed by atoms with Crippen LogP contribution >= 0.6 is 12.4 Å². The lowest BCUT2D eigenvalue weighted by Crippen LogP contribution is -2.46. The number of carbonyl (C=O) groups excluding carboxylic acids is 2. The van der Waals surface area contributed by atoms with E-state index in [1.54, 1.807) is 4.90 Å². The molecule has 160 valence electrons. The summed E-state index contributed by atoms with van der Waals surface area (Å²) in [6.45, 7) is 8.10. The van der Waals surface area contributed by atoms with Crippen molar-refractivity contribution in [1.82, 2.24) is 9.80 Å². The number of aryl methyl sites for hydroxylation is 1. The number of hydrogen-bond acceptors (Lipinski definition) is 4. The van der Waals surface area contributed by atoms with E-state index in [0.29, 0.717) is 6.54 Å². The Morgan fingerprint density at radius 1 is 0.828 bits per heavy atom. The topological polar surface area (TPSA) is 43.9 Å². The van der Waals surface area contributed by atoms with Gasteiger partial charge in [0.2, 0.25) is 11.8 Å². The van der Waals surface area contributed by atoms with E-state index >= 15 is 0 Å². The second-order valence-corrected chi connectivity index (χ2v) is 8.70. The second-order valence-electron chi connectivity index (χ2n) is 8.70. The van der Waals surface area contributed by atoms with Gasteiger partial charge in [0, 0.05) is 38.4 Å². The van der Waals surface area contributed by atoms with E-state index in [-0.39, 0.29) is 36.1 Å². The minimum absolute atomic E-state index is 0. The summed E-state index contributed by atoms with van der Waals surface area (Å²) in [4.78, 5) is 31.6. The number of fused-ring (bicyclic) bond motifs is 1. The quantitative estimate of drug-likeness (QED) is 0.523. The highest BCUT2D eigenvalue weighted by Crippen LogP contribution is 2.38. The minimum Gasteiger partial charge on any atom is -0.369 e. The SMILES string of the molecule is Cc1ccc(N2CCN(CCCCN3C(=O)C4CCCCC4C3=O)CC2)cc1.Cl. The Morgan fingerprint density at radius 3 is 1.97 bits per heavy atom. The van der Waals surface area contributed by atoms with Crippen molar-refractivity contribution in [1.29, 1.82) is 0 Å². The largest absolute Gasteiger partial charge is 0.369 e. The highest BCUT2D eigenvalue weighted by molar-refractivity contribution is 6.05. The molecule has 29 heavy (non-hydrogen) atoms. The number of rotatable bonds is 6. The van der Waals surface area contributed by atoms with Crippen LogP contribution in [0.25, 0.3) is 0 Å². The molecule has 2 atom stereocenters. The number of nitrogens with zero attached hydrogens (tertiary/aromatic N) is 3. The normalized spacial score (nSPS) is 25.1. The smallest absolute Gasteiger partial charge is 0.233 e. The van der Waals surface area contributed by atoms with Gasteiger partial charge in [-0.2, -0.15) is 0 Å². The van der Waals surface area contributed by atoms with Crippen LogP contribution in [0.2, 0.25) is 0 Å². The highest BCUT2D eigenvalue weighted by atomic mass is 35.5. The Bertz CT molecular complexity index is 677. The molecule has 1 aromatic rings. The zero-order valence-corrected chi connectivity index (χ0v) is 18.3. The van der Waals surface area contributed by atoms with Crippen LogP contribution in [0.5, 0.6) is 0 Å². The lowest BCUT2D eigenvalue weighted by Gasteiger charge is -2.36. The molecular weight excluding hydrogens is 386 g/mol. The first kappa shape index (κ1) is 22.1. The maximum absolute atomic E-state index is 12.5. The summed E-state index contributed by atoms with van der Waals surface area (Å²) in [6.07, 6.45) is 6.01. The second kappa shape index (κ2) is 9.94. The van der Waals surface area contributed by atoms with E-state index in [0.717, 1.165) is 71.2 Å². The van der Waals surface area contributed by atoms with Gasteiger partial charge in [-0.15, -0.1) is 12.4 Å². The molecule has 0 aromatic heterocycles. The van der Waals surface area contributed by atoms with Gasteiger partial charge in [-0.25, -0.2) is 0 Å². The average molecular weight is 420 g/mol. The summed E-state index contributed by atoms with van der Waals surface area (Å²) in [5.41, 5.74) is 2.62. The average Bonchev–Trinajstić information content (AvgIpc) is 2.97. The van der Waals surface area contributed by atoms with E-state index in [1.807, 2.05) is 0 Å². The summed E-state index contributed by atoms with van der Waals surface area (Å²) in [5.74, 6) is 0.218. The molecule has 0 spiro atoms. The molecule has 2 unspecified atom stereocenters. The molecule has 2 amide bonds. The first-order valence-corrected chi connectivity index (χ1v) is 11.0. The molecule has 4 rings (SSSR count). The maximum Gasteiger partial charge on any atom is 0.233 e. The minimum atomic E-state index is -0.00361. The van der Waals surface area contributed by atoms with Crippen molar-refractivity contribution in [3.63, 3.8) is 0 Å². The number of carbonyl (C=O) groups is 2. The van der Waals surface area contributed by atoms with Crippen molar-refractivity contribution >= 4 is 29.9 Å². The van der Waals surface area contributed by atoms with Gasteiger partial charge in [0.1, 0.15) is 0 Å². The fourth-order valence-electron chi connectivity index (χ4n) is 5.04. The molecule has 1 saturated carbocycles. The van der Waals surface area contributed by atoms with Gasteiger partial charge < -0.3 is 4.90 Å². The third kappa shape index (κ3) is 4.95. The van der Waals surface area contributed by atoms with Gasteiger partial charge in [-0.1, -0.05) is 30.5 Å². The molecular formula is C23H34ClN3O2. The number of imide groups is 1. The van der Waals surface area contributed by atoms with Crippen LogP contribution in [0.3, 0.4) is 0 Å². The van der Waals surface area contributed by atoms with E-state index in [4.69, 9.17) is 0 Å². The summed E-state index contributed by atoms with van der Waals surface area (Å²) < 4.78 is 0.